The quantitative estimate of drug-likeness (QED) is 0.817. The van der Waals surface area contributed by atoms with Crippen molar-refractivity contribution < 1.29 is 9.59 Å². The van der Waals surface area contributed by atoms with Crippen LogP contribution in [0.15, 0.2) is 60.7 Å². The van der Waals surface area contributed by atoms with Gasteiger partial charge in [-0.25, -0.2) is 4.90 Å². The number of anilines is 1. The molecule has 0 radical (unpaired) electrons. The van der Waals surface area contributed by atoms with Crippen molar-refractivity contribution in [1.29, 1.82) is 0 Å². The van der Waals surface area contributed by atoms with Crippen LogP contribution >= 0.6 is 0 Å². The zero-order chi connectivity index (χ0) is 15.8. The number of amides is 2. The Labute approximate surface area is 135 Å². The van der Waals surface area contributed by atoms with Crippen LogP contribution in [-0.4, -0.2) is 29.8 Å². The minimum absolute atomic E-state index is 0.0539. The molecule has 0 spiro atoms. The van der Waals surface area contributed by atoms with Crippen LogP contribution in [0.4, 0.5) is 5.69 Å². The lowest BCUT2D eigenvalue weighted by molar-refractivity contribution is -0.123. The van der Waals surface area contributed by atoms with Crippen LogP contribution in [0.2, 0.25) is 0 Å². The Bertz CT molecular complexity index is 706. The topological polar surface area (TPSA) is 40.6 Å². The van der Waals surface area contributed by atoms with E-state index in [-0.39, 0.29) is 23.7 Å². The van der Waals surface area contributed by atoms with Crippen molar-refractivity contribution in [2.75, 3.05) is 18.0 Å². The number of fused-ring (bicyclic) bond motifs is 1. The molecule has 2 aromatic rings. The van der Waals surface area contributed by atoms with Crippen LogP contribution in [0.1, 0.15) is 5.56 Å². The molecule has 2 fully saturated rings. The van der Waals surface area contributed by atoms with Gasteiger partial charge in [-0.15, -0.1) is 0 Å². The molecule has 23 heavy (non-hydrogen) atoms. The average molecular weight is 306 g/mol. The summed E-state index contributed by atoms with van der Waals surface area (Å²) in [5, 5.41) is 0. The summed E-state index contributed by atoms with van der Waals surface area (Å²) in [4.78, 5) is 28.9. The molecule has 0 unspecified atom stereocenters. The van der Waals surface area contributed by atoms with E-state index in [1.165, 1.54) is 10.5 Å². The van der Waals surface area contributed by atoms with Crippen molar-refractivity contribution in [3.05, 3.63) is 66.2 Å². The standard InChI is InChI=1S/C19H18N2O2/c22-18-16-12-20(11-14-7-3-1-4-8-14)13-17(16)19(23)21(18)15-9-5-2-6-10-15/h1-10,16-17H,11-13H2/t16-,17-/m1/s1. The lowest BCUT2D eigenvalue weighted by Crippen LogP contribution is -2.35. The second-order valence-electron chi connectivity index (χ2n) is 6.24. The highest BCUT2D eigenvalue weighted by Gasteiger charge is 2.52. The number of carbonyl (C=O) groups is 2. The first kappa shape index (κ1) is 14.2. The average Bonchev–Trinajstić information content (AvgIpc) is 3.09. The number of benzene rings is 2. The van der Waals surface area contributed by atoms with Gasteiger partial charge in [-0.1, -0.05) is 48.5 Å². The van der Waals surface area contributed by atoms with Crippen LogP contribution in [-0.2, 0) is 16.1 Å². The maximum absolute atomic E-state index is 12.7. The zero-order valence-corrected chi connectivity index (χ0v) is 12.8. The van der Waals surface area contributed by atoms with Crippen molar-refractivity contribution in [3.8, 4) is 0 Å². The number of likely N-dealkylation sites (tertiary alicyclic amines) is 1. The van der Waals surface area contributed by atoms with Gasteiger partial charge in [-0.05, 0) is 17.7 Å². The molecule has 0 bridgehead atoms. The summed E-state index contributed by atoms with van der Waals surface area (Å²) in [5.74, 6) is -0.513. The molecular weight excluding hydrogens is 288 g/mol. The number of nitrogens with zero attached hydrogens (tertiary/aromatic N) is 2. The van der Waals surface area contributed by atoms with E-state index in [0.29, 0.717) is 18.8 Å². The first-order chi connectivity index (χ1) is 11.2. The third-order valence-corrected chi connectivity index (χ3v) is 4.73. The predicted molar refractivity (Wildman–Crippen MR) is 87.6 cm³/mol. The molecule has 4 rings (SSSR count). The lowest BCUT2D eigenvalue weighted by atomic mass is 10.00. The Morgan fingerprint density at radius 2 is 1.30 bits per heavy atom. The molecule has 2 aromatic carbocycles. The smallest absolute Gasteiger partial charge is 0.239 e. The first-order valence-corrected chi connectivity index (χ1v) is 7.93. The van der Waals surface area contributed by atoms with Gasteiger partial charge in [0.2, 0.25) is 11.8 Å². The fraction of sp³-hybridized carbons (Fsp3) is 0.263. The molecule has 0 N–H and O–H groups in total. The van der Waals surface area contributed by atoms with E-state index >= 15 is 0 Å². The van der Waals surface area contributed by atoms with E-state index in [4.69, 9.17) is 0 Å². The Kier molecular flexibility index (Phi) is 3.46. The molecule has 2 aliphatic heterocycles. The minimum atomic E-state index is -0.202. The molecule has 4 nitrogen and oxygen atoms in total. The molecule has 2 atom stereocenters. The highest BCUT2D eigenvalue weighted by Crippen LogP contribution is 2.36. The molecule has 2 saturated heterocycles. The van der Waals surface area contributed by atoms with Crippen molar-refractivity contribution in [3.63, 3.8) is 0 Å². The molecule has 0 aliphatic carbocycles. The molecule has 4 heteroatoms. The second kappa shape index (κ2) is 5.63. The summed E-state index contributed by atoms with van der Waals surface area (Å²) < 4.78 is 0. The van der Waals surface area contributed by atoms with E-state index in [9.17, 15) is 9.59 Å². The maximum atomic E-state index is 12.7. The largest absolute Gasteiger partial charge is 0.297 e. The fourth-order valence-electron chi connectivity index (χ4n) is 3.63. The van der Waals surface area contributed by atoms with Crippen LogP contribution in [0.5, 0.6) is 0 Å². The van der Waals surface area contributed by atoms with Crippen LogP contribution < -0.4 is 4.90 Å². The number of hydrogen-bond acceptors (Lipinski definition) is 3. The predicted octanol–water partition coefficient (Wildman–Crippen LogP) is 2.31. The van der Waals surface area contributed by atoms with Crippen molar-refractivity contribution >= 4 is 17.5 Å². The molecule has 2 aliphatic rings. The van der Waals surface area contributed by atoms with Gasteiger partial charge in [0.15, 0.2) is 0 Å². The van der Waals surface area contributed by atoms with E-state index in [2.05, 4.69) is 17.0 Å². The van der Waals surface area contributed by atoms with E-state index < -0.39 is 0 Å². The molecule has 2 heterocycles. The summed E-state index contributed by atoms with van der Waals surface area (Å²) in [6.07, 6.45) is 0. The Morgan fingerprint density at radius 3 is 1.87 bits per heavy atom. The number of para-hydroxylation sites is 1. The summed E-state index contributed by atoms with van der Waals surface area (Å²) >= 11 is 0. The van der Waals surface area contributed by atoms with Gasteiger partial charge in [0.1, 0.15) is 0 Å². The van der Waals surface area contributed by atoms with Crippen LogP contribution in [0, 0.1) is 11.8 Å². The van der Waals surface area contributed by atoms with Crippen molar-refractivity contribution in [2.24, 2.45) is 11.8 Å². The van der Waals surface area contributed by atoms with Gasteiger partial charge in [0.25, 0.3) is 0 Å². The molecule has 0 aromatic heterocycles. The zero-order valence-electron chi connectivity index (χ0n) is 12.8. The number of carbonyl (C=O) groups excluding carboxylic acids is 2. The number of imide groups is 1. The van der Waals surface area contributed by atoms with Crippen LogP contribution in [0.3, 0.4) is 0 Å². The Hall–Kier alpha value is -2.46. The second-order valence-corrected chi connectivity index (χ2v) is 6.24. The highest BCUT2D eigenvalue weighted by molar-refractivity contribution is 6.22. The van der Waals surface area contributed by atoms with Crippen LogP contribution in [0.25, 0.3) is 0 Å². The fourth-order valence-corrected chi connectivity index (χ4v) is 3.63. The summed E-state index contributed by atoms with van der Waals surface area (Å²) in [6, 6.07) is 19.4. The minimum Gasteiger partial charge on any atom is -0.297 e. The normalized spacial score (nSPS) is 24.3. The van der Waals surface area contributed by atoms with Gasteiger partial charge in [0.05, 0.1) is 17.5 Å². The highest BCUT2D eigenvalue weighted by atomic mass is 16.2. The van der Waals surface area contributed by atoms with Gasteiger partial charge in [0, 0.05) is 19.6 Å². The third kappa shape index (κ3) is 2.45. The van der Waals surface area contributed by atoms with Crippen molar-refractivity contribution in [1.82, 2.24) is 4.90 Å². The van der Waals surface area contributed by atoms with Crippen molar-refractivity contribution in [2.45, 2.75) is 6.54 Å². The molecule has 2 amide bonds. The van der Waals surface area contributed by atoms with E-state index in [1.807, 2.05) is 48.5 Å². The Morgan fingerprint density at radius 1 is 0.783 bits per heavy atom. The number of hydrogen-bond donors (Lipinski definition) is 0. The van der Waals surface area contributed by atoms with E-state index in [1.54, 1.807) is 0 Å². The maximum Gasteiger partial charge on any atom is 0.239 e. The monoisotopic (exact) mass is 306 g/mol. The molecular formula is C19H18N2O2. The van der Waals surface area contributed by atoms with E-state index in [0.717, 1.165) is 6.54 Å². The lowest BCUT2D eigenvalue weighted by Gasteiger charge is -2.20. The van der Waals surface area contributed by atoms with Gasteiger partial charge >= 0.3 is 0 Å². The Balaban J connectivity index is 1.51. The van der Waals surface area contributed by atoms with Gasteiger partial charge in [-0.3, -0.25) is 14.5 Å². The number of rotatable bonds is 3. The van der Waals surface area contributed by atoms with Gasteiger partial charge in [-0.2, -0.15) is 0 Å². The van der Waals surface area contributed by atoms with Gasteiger partial charge < -0.3 is 0 Å². The summed E-state index contributed by atoms with van der Waals surface area (Å²) in [5.41, 5.74) is 1.90. The summed E-state index contributed by atoms with van der Waals surface area (Å²) in [7, 11) is 0. The SMILES string of the molecule is O=C1[C@@H]2CN(Cc3ccccc3)C[C@H]2C(=O)N1c1ccccc1. The molecule has 116 valence electrons. The third-order valence-electron chi connectivity index (χ3n) is 4.73. The summed E-state index contributed by atoms with van der Waals surface area (Å²) in [6.45, 7) is 2.11. The first-order valence-electron chi connectivity index (χ1n) is 7.93. The molecule has 0 saturated carbocycles.